The van der Waals surface area contributed by atoms with Gasteiger partial charge in [0.05, 0.1) is 0 Å². The molecule has 0 saturated heterocycles. The van der Waals surface area contributed by atoms with E-state index < -0.39 is 0 Å². The van der Waals surface area contributed by atoms with Gasteiger partial charge in [0.15, 0.2) is 0 Å². The topological polar surface area (TPSA) is 0 Å². The third-order valence-corrected chi connectivity index (χ3v) is 6.34. The summed E-state index contributed by atoms with van der Waals surface area (Å²) in [4.78, 5) is 0. The van der Waals surface area contributed by atoms with Gasteiger partial charge in [-0.05, 0) is 5.41 Å². The fourth-order valence-corrected chi connectivity index (χ4v) is 4.86. The first-order valence-corrected chi connectivity index (χ1v) is 9.28. The van der Waals surface area contributed by atoms with Crippen LogP contribution < -0.4 is 0 Å². The summed E-state index contributed by atoms with van der Waals surface area (Å²) in [5.74, 6) is 0.867. The van der Waals surface area contributed by atoms with Crippen LogP contribution in [0.3, 0.4) is 0 Å². The summed E-state index contributed by atoms with van der Waals surface area (Å²) < 4.78 is 0. The second-order valence-electron chi connectivity index (χ2n) is 5.03. The van der Waals surface area contributed by atoms with Crippen molar-refractivity contribution >= 4 is 41.7 Å². The molecule has 0 spiro atoms. The molecule has 0 aliphatic rings. The lowest BCUT2D eigenvalue weighted by molar-refractivity contribution is 0.336. The van der Waals surface area contributed by atoms with Gasteiger partial charge in [-0.1, -0.05) is 65.8 Å². The lowest BCUT2D eigenvalue weighted by Crippen LogP contribution is -2.22. The second-order valence-corrected chi connectivity index (χ2v) is 7.99. The van der Waals surface area contributed by atoms with E-state index in [0.29, 0.717) is 5.41 Å². The highest BCUT2D eigenvalue weighted by molar-refractivity contribution is 8.93. The minimum atomic E-state index is 0.579. The van der Waals surface area contributed by atoms with Gasteiger partial charge in [-0.2, -0.15) is 21.3 Å². The van der Waals surface area contributed by atoms with E-state index in [1.54, 1.807) is 0 Å². The molecule has 0 bridgehead atoms. The highest BCUT2D eigenvalue weighted by atomic mass is 33.1. The van der Waals surface area contributed by atoms with E-state index in [9.17, 15) is 0 Å². The third-order valence-electron chi connectivity index (χ3n) is 3.36. The van der Waals surface area contributed by atoms with E-state index in [2.05, 4.69) is 46.1 Å². The molecule has 0 heterocycles. The quantitative estimate of drug-likeness (QED) is 0.427. The average molecular weight is 256 g/mol. The summed E-state index contributed by atoms with van der Waals surface area (Å²) in [7, 11) is 6.49. The summed E-state index contributed by atoms with van der Waals surface area (Å²) >= 11 is 0. The Bertz CT molecular complexity index is 169. The van der Waals surface area contributed by atoms with Crippen molar-refractivity contribution in [3.8, 4) is 0 Å². The zero-order valence-corrected chi connectivity index (χ0v) is 13.5. The number of rotatable bonds is 10. The van der Waals surface area contributed by atoms with Crippen LogP contribution in [0.5, 0.6) is 0 Å². The van der Waals surface area contributed by atoms with Gasteiger partial charge >= 0.3 is 0 Å². The van der Waals surface area contributed by atoms with Gasteiger partial charge in [-0.3, -0.25) is 0 Å². The highest BCUT2D eigenvalue weighted by Gasteiger charge is 2.27. The Morgan fingerprint density at radius 3 is 2.50 bits per heavy atom. The van der Waals surface area contributed by atoms with Gasteiger partial charge in [0.25, 0.3) is 0 Å². The first-order valence-electron chi connectivity index (χ1n) is 6.90. The first-order chi connectivity index (χ1) is 7.61. The molecule has 0 aromatic rings. The van der Waals surface area contributed by atoms with Crippen LogP contribution in [-0.4, -0.2) is 20.4 Å². The van der Waals surface area contributed by atoms with Crippen LogP contribution in [0, 0.1) is 5.41 Å². The Balaban J connectivity index is 4.20. The van der Waals surface area contributed by atoms with Gasteiger partial charge < -0.3 is 0 Å². The molecule has 1 atom stereocenters. The second kappa shape index (κ2) is 9.88. The normalized spacial score (nSPS) is 14.5. The van der Waals surface area contributed by atoms with Crippen molar-refractivity contribution < 1.29 is 0 Å². The minimum Gasteiger partial charge on any atom is -0.162 e. The molecule has 0 radical (unpaired) electrons. The Morgan fingerprint density at radius 2 is 2.06 bits per heavy atom. The molecule has 92 valence electrons. The minimum absolute atomic E-state index is 0.579. The van der Waals surface area contributed by atoms with Crippen molar-refractivity contribution in [3.05, 3.63) is 0 Å². The van der Waals surface area contributed by atoms with Crippen LogP contribution in [0.1, 0.15) is 40.0 Å². The van der Waals surface area contributed by atoms with Crippen molar-refractivity contribution in [3.63, 3.8) is 0 Å². The SMILES string of the molecule is BCCC(C)(CC)CB(CCC)SSBC. The molecule has 0 fully saturated rings. The summed E-state index contributed by atoms with van der Waals surface area (Å²) in [5.41, 5.74) is 0.579. The van der Waals surface area contributed by atoms with E-state index in [1.165, 1.54) is 44.8 Å². The zero-order valence-electron chi connectivity index (χ0n) is 11.8. The largest absolute Gasteiger partial charge is 0.223 e. The van der Waals surface area contributed by atoms with E-state index in [-0.39, 0.29) is 0 Å². The molecule has 0 nitrogen and oxygen atoms in total. The molecule has 16 heavy (non-hydrogen) atoms. The van der Waals surface area contributed by atoms with Crippen molar-refractivity contribution in [1.82, 2.24) is 0 Å². The van der Waals surface area contributed by atoms with Crippen molar-refractivity contribution in [2.24, 2.45) is 5.41 Å². The summed E-state index contributed by atoms with van der Waals surface area (Å²) in [6.45, 7) is 10.6. The smallest absolute Gasteiger partial charge is 0.162 e. The molecule has 0 aliphatic heterocycles. The van der Waals surface area contributed by atoms with E-state index in [0.717, 1.165) is 5.99 Å². The fourth-order valence-electron chi connectivity index (χ4n) is 2.25. The first kappa shape index (κ1) is 16.9. The molecule has 0 aliphatic carbocycles. The Hall–Kier alpha value is 0.895. The van der Waals surface area contributed by atoms with E-state index >= 15 is 0 Å². The molecule has 0 rings (SSSR count). The average Bonchev–Trinajstić information content (AvgIpc) is 2.26. The van der Waals surface area contributed by atoms with Crippen LogP contribution in [0.2, 0.25) is 25.8 Å². The predicted octanol–water partition coefficient (Wildman–Crippen LogP) is 4.03. The summed E-state index contributed by atoms with van der Waals surface area (Å²) in [6.07, 6.45) is 8.17. The Kier molecular flexibility index (Phi) is 10.4. The van der Waals surface area contributed by atoms with E-state index in [1.807, 2.05) is 10.6 Å². The molecule has 5 heteroatoms. The van der Waals surface area contributed by atoms with Gasteiger partial charge in [0.2, 0.25) is 12.5 Å². The maximum atomic E-state index is 2.48. The predicted molar refractivity (Wildman–Crippen MR) is 90.2 cm³/mol. The zero-order chi connectivity index (χ0) is 12.4. The lowest BCUT2D eigenvalue weighted by atomic mass is 9.57. The van der Waals surface area contributed by atoms with Crippen LogP contribution in [0.15, 0.2) is 0 Å². The van der Waals surface area contributed by atoms with Crippen molar-refractivity contribution in [1.29, 1.82) is 0 Å². The molecular formula is C11H27B3S2. The third kappa shape index (κ3) is 7.27. The molecule has 1 unspecified atom stereocenters. The highest BCUT2D eigenvalue weighted by Crippen LogP contribution is 2.39. The summed E-state index contributed by atoms with van der Waals surface area (Å²) in [5, 5.41) is 0. The van der Waals surface area contributed by atoms with Gasteiger partial charge in [0.1, 0.15) is 7.85 Å². The molecule has 0 aromatic carbocycles. The van der Waals surface area contributed by atoms with Crippen LogP contribution >= 0.6 is 21.3 Å². The lowest BCUT2D eigenvalue weighted by Gasteiger charge is -2.30. The van der Waals surface area contributed by atoms with Gasteiger partial charge in [0, 0.05) is 0 Å². The van der Waals surface area contributed by atoms with Gasteiger partial charge in [-0.15, -0.1) is 0 Å². The van der Waals surface area contributed by atoms with Gasteiger partial charge in [-0.25, -0.2) is 0 Å². The monoisotopic (exact) mass is 256 g/mol. The summed E-state index contributed by atoms with van der Waals surface area (Å²) in [6, 6.07) is 0. The van der Waals surface area contributed by atoms with Crippen LogP contribution in [0.4, 0.5) is 0 Å². The Morgan fingerprint density at radius 1 is 1.38 bits per heavy atom. The maximum absolute atomic E-state index is 2.48. The van der Waals surface area contributed by atoms with Crippen LogP contribution in [0.25, 0.3) is 0 Å². The standard InChI is InChI=1S/C11H27B3S2/c1-5-9-14(16-15-13-4)10-11(3,6-2)7-8-12/h13H,5-10,12H2,1-4H3. The molecule has 0 aromatic heterocycles. The molecular weight excluding hydrogens is 229 g/mol. The molecule has 0 saturated carbocycles. The van der Waals surface area contributed by atoms with E-state index in [4.69, 9.17) is 0 Å². The van der Waals surface area contributed by atoms with Crippen molar-refractivity contribution in [2.75, 3.05) is 0 Å². The number of hydrogen-bond acceptors (Lipinski definition) is 2. The van der Waals surface area contributed by atoms with Crippen LogP contribution in [-0.2, 0) is 0 Å². The van der Waals surface area contributed by atoms with Crippen molar-refractivity contribution in [2.45, 2.75) is 65.8 Å². The molecule has 0 amide bonds. The Labute approximate surface area is 113 Å². The molecule has 0 N–H and O–H groups in total. The fraction of sp³-hybridized carbons (Fsp3) is 1.00. The maximum Gasteiger partial charge on any atom is 0.223 e. The number of hydrogen-bond donors (Lipinski definition) is 0.